The van der Waals surface area contributed by atoms with Gasteiger partial charge >= 0.3 is 0 Å². The predicted molar refractivity (Wildman–Crippen MR) is 84.4 cm³/mol. The average molecular weight is 323 g/mol. The van der Waals surface area contributed by atoms with Crippen LogP contribution < -0.4 is 5.32 Å². The van der Waals surface area contributed by atoms with Crippen LogP contribution in [0.2, 0.25) is 5.02 Å². The molecule has 0 spiro atoms. The minimum absolute atomic E-state index is 0.0322. The Balaban J connectivity index is 2.18. The maximum Gasteiger partial charge on any atom is 0.291 e. The van der Waals surface area contributed by atoms with Crippen molar-refractivity contribution in [2.45, 2.75) is 32.7 Å². The number of nitrogens with one attached hydrogen (secondary N) is 1. The van der Waals surface area contributed by atoms with E-state index < -0.39 is 0 Å². The molecule has 0 bridgehead atoms. The number of aliphatic hydroxyl groups excluding tert-OH is 1. The lowest BCUT2D eigenvalue weighted by atomic mass is 10.1. The van der Waals surface area contributed by atoms with Crippen molar-refractivity contribution in [3.63, 3.8) is 0 Å². The average Bonchev–Trinajstić information content (AvgIpc) is 2.89. The van der Waals surface area contributed by atoms with Gasteiger partial charge in [-0.2, -0.15) is 0 Å². The van der Waals surface area contributed by atoms with E-state index >= 15 is 0 Å². The van der Waals surface area contributed by atoms with Crippen LogP contribution in [-0.4, -0.2) is 38.4 Å². The molecule has 0 aliphatic carbocycles. The van der Waals surface area contributed by atoms with Gasteiger partial charge in [0.25, 0.3) is 5.91 Å². The van der Waals surface area contributed by atoms with Gasteiger partial charge in [0.1, 0.15) is 5.82 Å². The Hall–Kier alpha value is -1.92. The molecule has 1 atom stereocenters. The molecule has 2 aromatic rings. The Morgan fingerprint density at radius 1 is 1.41 bits per heavy atom. The normalized spacial score (nSPS) is 12.2. The topological polar surface area (TPSA) is 80.0 Å². The number of carbonyl (C=O) groups is 1. The summed E-state index contributed by atoms with van der Waals surface area (Å²) in [4.78, 5) is 16.4. The zero-order valence-electron chi connectivity index (χ0n) is 12.6. The Kier molecular flexibility index (Phi) is 5.51. The molecule has 0 fully saturated rings. The van der Waals surface area contributed by atoms with Gasteiger partial charge in [-0.15, -0.1) is 5.10 Å². The Morgan fingerprint density at radius 3 is 2.68 bits per heavy atom. The van der Waals surface area contributed by atoms with Gasteiger partial charge in [0.2, 0.25) is 5.82 Å². The molecule has 22 heavy (non-hydrogen) atoms. The third kappa shape index (κ3) is 3.84. The van der Waals surface area contributed by atoms with Crippen molar-refractivity contribution < 1.29 is 9.90 Å². The SMILES string of the molecule is CCC(CCO)NC(=O)c1nc(C)n(-c2ccc(Cl)cc2)n1. The molecular weight excluding hydrogens is 304 g/mol. The number of hydrogen-bond donors (Lipinski definition) is 2. The molecule has 1 aromatic carbocycles. The molecule has 6 nitrogen and oxygen atoms in total. The highest BCUT2D eigenvalue weighted by Gasteiger charge is 2.18. The fourth-order valence-corrected chi connectivity index (χ4v) is 2.22. The highest BCUT2D eigenvalue weighted by molar-refractivity contribution is 6.30. The van der Waals surface area contributed by atoms with Crippen molar-refractivity contribution in [1.29, 1.82) is 0 Å². The van der Waals surface area contributed by atoms with Crippen LogP contribution in [0.25, 0.3) is 5.69 Å². The summed E-state index contributed by atoms with van der Waals surface area (Å²) in [7, 11) is 0. The smallest absolute Gasteiger partial charge is 0.291 e. The fraction of sp³-hybridized carbons (Fsp3) is 0.400. The van der Waals surface area contributed by atoms with Gasteiger partial charge in [0.05, 0.1) is 5.69 Å². The molecule has 7 heteroatoms. The highest BCUT2D eigenvalue weighted by atomic mass is 35.5. The standard InChI is InChI=1S/C15H19ClN4O2/c1-3-12(8-9-21)18-15(22)14-17-10(2)20(19-14)13-6-4-11(16)5-7-13/h4-7,12,21H,3,8-9H2,1-2H3,(H,18,22). The van der Waals surface area contributed by atoms with Gasteiger partial charge in [-0.3, -0.25) is 4.79 Å². The molecule has 2 rings (SSSR count). The first kappa shape index (κ1) is 16.5. The van der Waals surface area contributed by atoms with E-state index in [4.69, 9.17) is 16.7 Å². The summed E-state index contributed by atoms with van der Waals surface area (Å²) in [6.07, 6.45) is 1.25. The lowest BCUT2D eigenvalue weighted by Crippen LogP contribution is -2.35. The minimum Gasteiger partial charge on any atom is -0.396 e. The van der Waals surface area contributed by atoms with E-state index in [1.54, 1.807) is 23.7 Å². The number of amides is 1. The molecule has 0 saturated heterocycles. The monoisotopic (exact) mass is 322 g/mol. The third-order valence-electron chi connectivity index (χ3n) is 3.35. The molecule has 0 aliphatic rings. The molecular formula is C15H19ClN4O2. The van der Waals surface area contributed by atoms with Crippen molar-refractivity contribution in [1.82, 2.24) is 20.1 Å². The summed E-state index contributed by atoms with van der Waals surface area (Å²) in [5.74, 6) is 0.391. The van der Waals surface area contributed by atoms with Gasteiger partial charge in [-0.05, 0) is 44.0 Å². The maximum atomic E-state index is 12.2. The zero-order valence-corrected chi connectivity index (χ0v) is 13.3. The number of aromatic nitrogens is 3. The largest absolute Gasteiger partial charge is 0.396 e. The van der Waals surface area contributed by atoms with Crippen molar-refractivity contribution >= 4 is 17.5 Å². The quantitative estimate of drug-likeness (QED) is 0.853. The van der Waals surface area contributed by atoms with E-state index in [-0.39, 0.29) is 24.4 Å². The number of hydrogen-bond acceptors (Lipinski definition) is 4. The number of halogens is 1. The van der Waals surface area contributed by atoms with E-state index in [1.807, 2.05) is 19.1 Å². The molecule has 1 aromatic heterocycles. The molecule has 0 aliphatic heterocycles. The Labute approximate surface area is 134 Å². The third-order valence-corrected chi connectivity index (χ3v) is 3.60. The van der Waals surface area contributed by atoms with E-state index in [9.17, 15) is 4.79 Å². The number of aliphatic hydroxyl groups is 1. The molecule has 0 radical (unpaired) electrons. The van der Waals surface area contributed by atoms with E-state index in [2.05, 4.69) is 15.4 Å². The first-order valence-corrected chi connectivity index (χ1v) is 7.54. The summed E-state index contributed by atoms with van der Waals surface area (Å²) in [6, 6.07) is 7.05. The first-order valence-electron chi connectivity index (χ1n) is 7.16. The highest BCUT2D eigenvalue weighted by Crippen LogP contribution is 2.14. The lowest BCUT2D eigenvalue weighted by Gasteiger charge is -2.13. The molecule has 118 valence electrons. The van der Waals surface area contributed by atoms with Gasteiger partial charge in [-0.1, -0.05) is 18.5 Å². The molecule has 1 amide bonds. The van der Waals surface area contributed by atoms with Gasteiger partial charge in [0.15, 0.2) is 0 Å². The predicted octanol–water partition coefficient (Wildman–Crippen LogP) is 2.12. The summed E-state index contributed by atoms with van der Waals surface area (Å²) in [5, 5.41) is 16.7. The van der Waals surface area contributed by atoms with Crippen LogP contribution in [0.1, 0.15) is 36.2 Å². The van der Waals surface area contributed by atoms with Crippen LogP contribution in [0.15, 0.2) is 24.3 Å². The van der Waals surface area contributed by atoms with Crippen LogP contribution in [0.5, 0.6) is 0 Å². The zero-order chi connectivity index (χ0) is 16.1. The fourth-order valence-electron chi connectivity index (χ4n) is 2.10. The van der Waals surface area contributed by atoms with Crippen LogP contribution in [-0.2, 0) is 0 Å². The Morgan fingerprint density at radius 2 is 2.09 bits per heavy atom. The summed E-state index contributed by atoms with van der Waals surface area (Å²) >= 11 is 5.87. The van der Waals surface area contributed by atoms with Crippen LogP contribution in [0.4, 0.5) is 0 Å². The summed E-state index contributed by atoms with van der Waals surface area (Å²) < 4.78 is 1.60. The van der Waals surface area contributed by atoms with Crippen LogP contribution in [0.3, 0.4) is 0 Å². The van der Waals surface area contributed by atoms with E-state index in [0.29, 0.717) is 17.3 Å². The van der Waals surface area contributed by atoms with Crippen molar-refractivity contribution in [3.05, 3.63) is 40.9 Å². The second-order valence-electron chi connectivity index (χ2n) is 4.96. The number of nitrogens with zero attached hydrogens (tertiary/aromatic N) is 3. The number of aryl methyl sites for hydroxylation is 1. The number of rotatable bonds is 6. The second kappa shape index (κ2) is 7.38. The summed E-state index contributed by atoms with van der Waals surface area (Å²) in [5.41, 5.74) is 0.788. The molecule has 1 heterocycles. The van der Waals surface area contributed by atoms with Crippen LogP contribution in [0, 0.1) is 6.92 Å². The number of carbonyl (C=O) groups excluding carboxylic acids is 1. The number of benzene rings is 1. The Bertz CT molecular complexity index is 639. The lowest BCUT2D eigenvalue weighted by molar-refractivity contribution is 0.0918. The summed E-state index contributed by atoms with van der Waals surface area (Å²) in [6.45, 7) is 3.76. The first-order chi connectivity index (χ1) is 10.5. The maximum absolute atomic E-state index is 12.2. The minimum atomic E-state index is -0.337. The van der Waals surface area contributed by atoms with Crippen molar-refractivity contribution in [3.8, 4) is 5.69 Å². The molecule has 0 saturated carbocycles. The van der Waals surface area contributed by atoms with Crippen molar-refractivity contribution in [2.75, 3.05) is 6.61 Å². The van der Waals surface area contributed by atoms with Gasteiger partial charge in [0, 0.05) is 17.7 Å². The van der Waals surface area contributed by atoms with E-state index in [0.717, 1.165) is 12.1 Å². The molecule has 1 unspecified atom stereocenters. The van der Waals surface area contributed by atoms with Crippen molar-refractivity contribution in [2.24, 2.45) is 0 Å². The van der Waals surface area contributed by atoms with Gasteiger partial charge < -0.3 is 10.4 Å². The second-order valence-corrected chi connectivity index (χ2v) is 5.40. The van der Waals surface area contributed by atoms with Crippen LogP contribution >= 0.6 is 11.6 Å². The van der Waals surface area contributed by atoms with Gasteiger partial charge in [-0.25, -0.2) is 9.67 Å². The molecule has 2 N–H and O–H groups in total. The van der Waals surface area contributed by atoms with E-state index in [1.165, 1.54) is 0 Å².